The van der Waals surface area contributed by atoms with Gasteiger partial charge in [0.15, 0.2) is 0 Å². The van der Waals surface area contributed by atoms with Crippen LogP contribution in [0.2, 0.25) is 0 Å². The molecule has 0 radical (unpaired) electrons. The second kappa shape index (κ2) is 4.79. The molecule has 0 spiro atoms. The molecule has 4 nitrogen and oxygen atoms in total. The quantitative estimate of drug-likeness (QED) is 0.815. The summed E-state index contributed by atoms with van der Waals surface area (Å²) < 4.78 is 0. The summed E-state index contributed by atoms with van der Waals surface area (Å²) in [5.74, 6) is 1.62. The van der Waals surface area contributed by atoms with Crippen LogP contribution in [0.15, 0.2) is 30.2 Å². The summed E-state index contributed by atoms with van der Waals surface area (Å²) in [5, 5.41) is 3.34. The predicted octanol–water partition coefficient (Wildman–Crippen LogP) is 2.32. The van der Waals surface area contributed by atoms with E-state index < -0.39 is 0 Å². The molecule has 2 aromatic rings. The number of anilines is 1. The van der Waals surface area contributed by atoms with E-state index in [4.69, 9.17) is 0 Å². The molecule has 0 aromatic carbocycles. The van der Waals surface area contributed by atoms with Crippen molar-refractivity contribution in [3.8, 4) is 0 Å². The summed E-state index contributed by atoms with van der Waals surface area (Å²) in [7, 11) is 0. The number of piperidine rings is 1. The Morgan fingerprint density at radius 1 is 1.12 bits per heavy atom. The molecule has 3 heterocycles. The first kappa shape index (κ1) is 10.7. The van der Waals surface area contributed by atoms with Crippen LogP contribution in [0, 0.1) is 0 Å². The first-order valence-corrected chi connectivity index (χ1v) is 6.72. The van der Waals surface area contributed by atoms with Crippen LogP contribution in [0.1, 0.15) is 23.8 Å². The fourth-order valence-electron chi connectivity index (χ4n) is 2.25. The van der Waals surface area contributed by atoms with Crippen LogP contribution in [0.3, 0.4) is 0 Å². The Bertz CT molecular complexity index is 449. The van der Waals surface area contributed by atoms with Crippen molar-refractivity contribution in [2.75, 3.05) is 18.0 Å². The zero-order valence-electron chi connectivity index (χ0n) is 9.49. The summed E-state index contributed by atoms with van der Waals surface area (Å²) in [6, 6.07) is 0. The van der Waals surface area contributed by atoms with E-state index in [1.165, 1.54) is 5.01 Å². The molecular weight excluding hydrogens is 232 g/mol. The van der Waals surface area contributed by atoms with Crippen LogP contribution in [0.25, 0.3) is 0 Å². The van der Waals surface area contributed by atoms with E-state index >= 15 is 0 Å². The molecule has 2 aromatic heterocycles. The summed E-state index contributed by atoms with van der Waals surface area (Å²) in [4.78, 5) is 15.2. The van der Waals surface area contributed by atoms with Gasteiger partial charge in [-0.25, -0.2) is 9.97 Å². The lowest BCUT2D eigenvalue weighted by Crippen LogP contribution is -2.33. The molecule has 88 valence electrons. The Morgan fingerprint density at radius 2 is 2.00 bits per heavy atom. The van der Waals surface area contributed by atoms with Gasteiger partial charge in [-0.05, 0) is 12.8 Å². The fraction of sp³-hybridized carbons (Fsp3) is 0.417. The smallest absolute Gasteiger partial charge is 0.147 e. The van der Waals surface area contributed by atoms with Gasteiger partial charge in [0.05, 0.1) is 11.2 Å². The molecule has 1 aliphatic heterocycles. The third kappa shape index (κ3) is 2.29. The van der Waals surface area contributed by atoms with Crippen molar-refractivity contribution in [1.82, 2.24) is 15.0 Å². The first-order valence-electron chi connectivity index (χ1n) is 5.84. The second-order valence-electron chi connectivity index (χ2n) is 4.20. The predicted molar refractivity (Wildman–Crippen MR) is 68.3 cm³/mol. The van der Waals surface area contributed by atoms with Gasteiger partial charge in [0.2, 0.25) is 0 Å². The van der Waals surface area contributed by atoms with Crippen molar-refractivity contribution in [3.63, 3.8) is 0 Å². The molecule has 3 rings (SSSR count). The highest BCUT2D eigenvalue weighted by molar-refractivity contribution is 7.09. The van der Waals surface area contributed by atoms with Crippen molar-refractivity contribution in [3.05, 3.63) is 35.2 Å². The monoisotopic (exact) mass is 246 g/mol. The highest BCUT2D eigenvalue weighted by Crippen LogP contribution is 2.30. The van der Waals surface area contributed by atoms with Gasteiger partial charge in [0.1, 0.15) is 5.82 Å². The van der Waals surface area contributed by atoms with Crippen LogP contribution in [-0.2, 0) is 0 Å². The van der Waals surface area contributed by atoms with Crippen molar-refractivity contribution >= 4 is 17.2 Å². The van der Waals surface area contributed by atoms with Gasteiger partial charge >= 0.3 is 0 Å². The normalized spacial score (nSPS) is 17.3. The number of thiazole rings is 1. The summed E-state index contributed by atoms with van der Waals surface area (Å²) in [6.07, 6.45) is 9.51. The van der Waals surface area contributed by atoms with Crippen molar-refractivity contribution in [2.45, 2.75) is 18.8 Å². The van der Waals surface area contributed by atoms with Crippen molar-refractivity contribution in [2.24, 2.45) is 0 Å². The minimum atomic E-state index is 0.628. The molecule has 0 bridgehead atoms. The van der Waals surface area contributed by atoms with Crippen LogP contribution < -0.4 is 4.90 Å². The zero-order valence-corrected chi connectivity index (χ0v) is 10.3. The number of rotatable bonds is 2. The minimum Gasteiger partial charge on any atom is -0.355 e. The third-order valence-corrected chi connectivity index (χ3v) is 4.11. The van der Waals surface area contributed by atoms with Gasteiger partial charge in [-0.2, -0.15) is 0 Å². The molecule has 0 amide bonds. The average molecular weight is 246 g/mol. The molecule has 1 fully saturated rings. The highest BCUT2D eigenvalue weighted by Gasteiger charge is 2.22. The van der Waals surface area contributed by atoms with E-state index in [0.29, 0.717) is 5.92 Å². The Morgan fingerprint density at radius 3 is 2.65 bits per heavy atom. The topological polar surface area (TPSA) is 41.9 Å². The van der Waals surface area contributed by atoms with E-state index in [-0.39, 0.29) is 0 Å². The molecule has 0 saturated carbocycles. The Labute approximate surface area is 104 Å². The molecule has 5 heteroatoms. The maximum absolute atomic E-state index is 4.41. The van der Waals surface area contributed by atoms with Gasteiger partial charge < -0.3 is 4.90 Å². The fourth-order valence-corrected chi connectivity index (χ4v) is 3.06. The molecule has 1 saturated heterocycles. The lowest BCUT2D eigenvalue weighted by molar-refractivity contribution is 0.500. The van der Waals surface area contributed by atoms with Gasteiger partial charge in [0, 0.05) is 43.0 Å². The van der Waals surface area contributed by atoms with E-state index in [0.717, 1.165) is 31.7 Å². The molecule has 1 aliphatic rings. The summed E-state index contributed by atoms with van der Waals surface area (Å²) in [6.45, 7) is 2.09. The Kier molecular flexibility index (Phi) is 3.00. The van der Waals surface area contributed by atoms with Gasteiger partial charge in [-0.3, -0.25) is 4.98 Å². The zero-order chi connectivity index (χ0) is 11.5. The summed E-state index contributed by atoms with van der Waals surface area (Å²) in [5.41, 5.74) is 0. The average Bonchev–Trinajstić information content (AvgIpc) is 2.94. The van der Waals surface area contributed by atoms with Crippen molar-refractivity contribution in [1.29, 1.82) is 0 Å². The maximum Gasteiger partial charge on any atom is 0.147 e. The van der Waals surface area contributed by atoms with E-state index in [1.54, 1.807) is 23.7 Å². The van der Waals surface area contributed by atoms with Crippen LogP contribution in [0.4, 0.5) is 5.82 Å². The first-order chi connectivity index (χ1) is 8.43. The number of hydrogen-bond donors (Lipinski definition) is 0. The van der Waals surface area contributed by atoms with Crippen LogP contribution in [0.5, 0.6) is 0 Å². The van der Waals surface area contributed by atoms with E-state index in [9.17, 15) is 0 Å². The number of aromatic nitrogens is 3. The number of nitrogens with zero attached hydrogens (tertiary/aromatic N) is 4. The lowest BCUT2D eigenvalue weighted by atomic mass is 9.98. The SMILES string of the molecule is c1cnc(N2CCC(c3nccs3)CC2)cn1. The maximum atomic E-state index is 4.41. The van der Waals surface area contributed by atoms with Crippen molar-refractivity contribution < 1.29 is 0 Å². The third-order valence-electron chi connectivity index (χ3n) is 3.17. The lowest BCUT2D eigenvalue weighted by Gasteiger charge is -2.31. The minimum absolute atomic E-state index is 0.628. The molecule has 0 atom stereocenters. The Balaban J connectivity index is 1.65. The summed E-state index contributed by atoms with van der Waals surface area (Å²) >= 11 is 1.77. The molecule has 0 N–H and O–H groups in total. The van der Waals surface area contributed by atoms with E-state index in [2.05, 4.69) is 25.2 Å². The van der Waals surface area contributed by atoms with Crippen LogP contribution in [-0.4, -0.2) is 28.0 Å². The van der Waals surface area contributed by atoms with Gasteiger partial charge in [-0.1, -0.05) is 0 Å². The highest BCUT2D eigenvalue weighted by atomic mass is 32.1. The molecular formula is C12H14N4S. The Hall–Kier alpha value is -1.49. The molecule has 17 heavy (non-hydrogen) atoms. The largest absolute Gasteiger partial charge is 0.355 e. The van der Waals surface area contributed by atoms with Gasteiger partial charge in [-0.15, -0.1) is 11.3 Å². The standard InChI is InChI=1S/C12H14N4S/c1-6-16(11-9-13-3-4-14-11)7-2-10(1)12-15-5-8-17-12/h3-5,8-10H,1-2,6-7H2. The second-order valence-corrected chi connectivity index (χ2v) is 5.12. The van der Waals surface area contributed by atoms with Crippen LogP contribution >= 0.6 is 11.3 Å². The molecule has 0 unspecified atom stereocenters. The van der Waals surface area contributed by atoms with E-state index in [1.807, 2.05) is 12.4 Å². The number of hydrogen-bond acceptors (Lipinski definition) is 5. The molecule has 0 aliphatic carbocycles. The van der Waals surface area contributed by atoms with Gasteiger partial charge in [0.25, 0.3) is 0 Å².